The molecule has 0 heterocycles. The average Bonchev–Trinajstić information content (AvgIpc) is 2.34. The molecule has 0 fully saturated rings. The quantitative estimate of drug-likeness (QED) is 0.254. The van der Waals surface area contributed by atoms with Gasteiger partial charge in [-0.1, -0.05) is 27.2 Å². The minimum absolute atomic E-state index is 0.134. The van der Waals surface area contributed by atoms with Crippen LogP contribution >= 0.6 is 15.9 Å². The predicted molar refractivity (Wildman–Crippen MR) is 69.1 cm³/mol. The number of oxime groups is 1. The van der Waals surface area contributed by atoms with Crippen molar-refractivity contribution in [2.45, 2.75) is 12.8 Å². The average molecular weight is 300 g/mol. The van der Waals surface area contributed by atoms with Gasteiger partial charge in [0.15, 0.2) is 0 Å². The monoisotopic (exact) mass is 299 g/mol. The number of carbonyl (C=O) groups excluding carboxylic acids is 1. The van der Waals surface area contributed by atoms with Crippen LogP contribution in [-0.4, -0.2) is 23.5 Å². The van der Waals surface area contributed by atoms with Crippen molar-refractivity contribution in [1.29, 1.82) is 0 Å². The third-order valence-corrected chi connectivity index (χ3v) is 2.60. The van der Waals surface area contributed by atoms with Crippen LogP contribution in [-0.2, 0) is 0 Å². The van der Waals surface area contributed by atoms with Crippen molar-refractivity contribution in [1.82, 2.24) is 5.32 Å². The van der Waals surface area contributed by atoms with Crippen LogP contribution in [0.5, 0.6) is 0 Å². The van der Waals surface area contributed by atoms with E-state index in [2.05, 4.69) is 26.4 Å². The summed E-state index contributed by atoms with van der Waals surface area (Å²) in [7, 11) is 0. The SMILES string of the molecule is N/C(CCCNC(=O)c1cccc(Br)c1)=N/O. The smallest absolute Gasteiger partial charge is 0.251 e. The third-order valence-electron chi connectivity index (χ3n) is 2.11. The first-order valence-electron chi connectivity index (χ1n) is 5.13. The Labute approximate surface area is 108 Å². The maximum atomic E-state index is 11.7. The Balaban J connectivity index is 2.35. The summed E-state index contributed by atoms with van der Waals surface area (Å²) in [6, 6.07) is 7.15. The Hall–Kier alpha value is -1.56. The summed E-state index contributed by atoms with van der Waals surface area (Å²) < 4.78 is 0.863. The summed E-state index contributed by atoms with van der Waals surface area (Å²) in [5.74, 6) is 0.0347. The van der Waals surface area contributed by atoms with Gasteiger partial charge in [-0.25, -0.2) is 0 Å². The molecule has 0 spiro atoms. The fourth-order valence-electron chi connectivity index (χ4n) is 1.25. The van der Waals surface area contributed by atoms with Gasteiger partial charge in [-0.2, -0.15) is 0 Å². The molecule has 0 atom stereocenters. The number of halogens is 1. The highest BCUT2D eigenvalue weighted by Gasteiger charge is 2.04. The molecule has 0 radical (unpaired) electrons. The van der Waals surface area contributed by atoms with E-state index in [1.165, 1.54) is 0 Å². The molecule has 1 aromatic carbocycles. The second kappa shape index (κ2) is 6.90. The maximum Gasteiger partial charge on any atom is 0.251 e. The van der Waals surface area contributed by atoms with Gasteiger partial charge in [0.1, 0.15) is 5.84 Å². The zero-order valence-electron chi connectivity index (χ0n) is 9.19. The maximum absolute atomic E-state index is 11.7. The molecule has 0 aliphatic carbocycles. The molecule has 5 nitrogen and oxygen atoms in total. The first-order valence-corrected chi connectivity index (χ1v) is 5.93. The van der Waals surface area contributed by atoms with Crippen molar-refractivity contribution in [3.63, 3.8) is 0 Å². The van der Waals surface area contributed by atoms with Crippen molar-refractivity contribution in [2.75, 3.05) is 6.54 Å². The van der Waals surface area contributed by atoms with E-state index in [9.17, 15) is 4.79 Å². The number of benzene rings is 1. The first-order chi connectivity index (χ1) is 8.13. The van der Waals surface area contributed by atoms with Crippen LogP contribution in [0.2, 0.25) is 0 Å². The highest BCUT2D eigenvalue weighted by atomic mass is 79.9. The van der Waals surface area contributed by atoms with E-state index in [-0.39, 0.29) is 11.7 Å². The van der Waals surface area contributed by atoms with E-state index in [1.54, 1.807) is 18.2 Å². The molecule has 0 saturated heterocycles. The van der Waals surface area contributed by atoms with Crippen molar-refractivity contribution >= 4 is 27.7 Å². The zero-order chi connectivity index (χ0) is 12.7. The van der Waals surface area contributed by atoms with Crippen LogP contribution in [0.3, 0.4) is 0 Å². The molecule has 1 aromatic rings. The number of hydrogen-bond donors (Lipinski definition) is 3. The molecule has 0 aliphatic rings. The van der Waals surface area contributed by atoms with Gasteiger partial charge in [0.05, 0.1) is 0 Å². The molecular formula is C11H14BrN3O2. The molecule has 0 bridgehead atoms. The fourth-order valence-corrected chi connectivity index (χ4v) is 1.65. The molecule has 4 N–H and O–H groups in total. The summed E-state index contributed by atoms with van der Waals surface area (Å²) in [6.45, 7) is 0.488. The number of nitrogens with two attached hydrogens (primary N) is 1. The topological polar surface area (TPSA) is 87.7 Å². The second-order valence-electron chi connectivity index (χ2n) is 3.46. The molecule has 0 aromatic heterocycles. The number of nitrogens with zero attached hydrogens (tertiary/aromatic N) is 1. The van der Waals surface area contributed by atoms with Gasteiger partial charge in [-0.05, 0) is 24.6 Å². The van der Waals surface area contributed by atoms with E-state index < -0.39 is 0 Å². The molecule has 1 rings (SSSR count). The zero-order valence-corrected chi connectivity index (χ0v) is 10.8. The van der Waals surface area contributed by atoms with Crippen molar-refractivity contribution in [3.8, 4) is 0 Å². The standard InChI is InChI=1S/C11H14BrN3O2/c12-9-4-1-3-8(7-9)11(16)14-6-2-5-10(13)15-17/h1,3-4,7,17H,2,5-6H2,(H2,13,15)(H,14,16). The predicted octanol–water partition coefficient (Wildman–Crippen LogP) is 1.71. The van der Waals surface area contributed by atoms with Crippen LogP contribution in [0.15, 0.2) is 33.9 Å². The Morgan fingerprint density at radius 2 is 2.29 bits per heavy atom. The van der Waals surface area contributed by atoms with Gasteiger partial charge in [0, 0.05) is 23.0 Å². The van der Waals surface area contributed by atoms with Crippen LogP contribution < -0.4 is 11.1 Å². The lowest BCUT2D eigenvalue weighted by Crippen LogP contribution is -2.25. The highest BCUT2D eigenvalue weighted by Crippen LogP contribution is 2.11. The Morgan fingerprint density at radius 1 is 1.53 bits per heavy atom. The van der Waals surface area contributed by atoms with Gasteiger partial charge in [0.2, 0.25) is 0 Å². The minimum atomic E-state index is -0.134. The highest BCUT2D eigenvalue weighted by molar-refractivity contribution is 9.10. The van der Waals surface area contributed by atoms with E-state index in [0.717, 1.165) is 4.47 Å². The second-order valence-corrected chi connectivity index (χ2v) is 4.38. The van der Waals surface area contributed by atoms with Gasteiger partial charge < -0.3 is 16.3 Å². The van der Waals surface area contributed by atoms with Crippen LogP contribution in [0.4, 0.5) is 0 Å². The van der Waals surface area contributed by atoms with Gasteiger partial charge in [-0.15, -0.1) is 0 Å². The lowest BCUT2D eigenvalue weighted by atomic mass is 10.2. The fraction of sp³-hybridized carbons (Fsp3) is 0.273. The number of nitrogens with one attached hydrogen (secondary N) is 1. The molecule has 92 valence electrons. The van der Waals surface area contributed by atoms with Gasteiger partial charge >= 0.3 is 0 Å². The third kappa shape index (κ3) is 4.86. The normalized spacial score (nSPS) is 11.2. The number of amidine groups is 1. The number of hydrogen-bond acceptors (Lipinski definition) is 3. The first kappa shape index (κ1) is 13.5. The largest absolute Gasteiger partial charge is 0.409 e. The van der Waals surface area contributed by atoms with Crippen LogP contribution in [0.1, 0.15) is 23.2 Å². The molecule has 6 heteroatoms. The number of amides is 1. The molecule has 0 unspecified atom stereocenters. The summed E-state index contributed by atoms with van der Waals surface area (Å²) >= 11 is 3.30. The summed E-state index contributed by atoms with van der Waals surface area (Å²) in [4.78, 5) is 11.7. The molecule has 1 amide bonds. The van der Waals surface area contributed by atoms with Crippen LogP contribution in [0.25, 0.3) is 0 Å². The molecular weight excluding hydrogens is 286 g/mol. The van der Waals surface area contributed by atoms with Crippen molar-refractivity contribution in [3.05, 3.63) is 34.3 Å². The molecule has 0 saturated carbocycles. The van der Waals surface area contributed by atoms with Crippen molar-refractivity contribution < 1.29 is 10.0 Å². The van der Waals surface area contributed by atoms with E-state index in [4.69, 9.17) is 10.9 Å². The lowest BCUT2D eigenvalue weighted by molar-refractivity contribution is 0.0953. The molecule has 0 aliphatic heterocycles. The summed E-state index contributed by atoms with van der Waals surface area (Å²) in [5.41, 5.74) is 5.90. The Morgan fingerprint density at radius 3 is 2.94 bits per heavy atom. The van der Waals surface area contributed by atoms with Gasteiger partial charge in [-0.3, -0.25) is 4.79 Å². The minimum Gasteiger partial charge on any atom is -0.409 e. The molecule has 17 heavy (non-hydrogen) atoms. The Kier molecular flexibility index (Phi) is 5.48. The lowest BCUT2D eigenvalue weighted by Gasteiger charge is -2.05. The van der Waals surface area contributed by atoms with Gasteiger partial charge in [0.25, 0.3) is 5.91 Å². The summed E-state index contributed by atoms with van der Waals surface area (Å²) in [5, 5.41) is 13.9. The van der Waals surface area contributed by atoms with E-state index >= 15 is 0 Å². The van der Waals surface area contributed by atoms with E-state index in [1.807, 2.05) is 6.07 Å². The van der Waals surface area contributed by atoms with Crippen LogP contribution in [0, 0.1) is 0 Å². The Bertz CT molecular complexity index is 421. The summed E-state index contributed by atoms with van der Waals surface area (Å²) in [6.07, 6.45) is 1.09. The van der Waals surface area contributed by atoms with Crippen molar-refractivity contribution in [2.24, 2.45) is 10.9 Å². The number of carbonyl (C=O) groups is 1. The van der Waals surface area contributed by atoms with E-state index in [0.29, 0.717) is 24.9 Å². The number of rotatable bonds is 5.